The lowest BCUT2D eigenvalue weighted by Gasteiger charge is -2.10. The van der Waals surface area contributed by atoms with E-state index in [1.165, 1.54) is 0 Å². The van der Waals surface area contributed by atoms with E-state index in [0.29, 0.717) is 12.5 Å². The summed E-state index contributed by atoms with van der Waals surface area (Å²) in [5, 5.41) is 3.04. The molecule has 0 bridgehead atoms. The predicted octanol–water partition coefficient (Wildman–Crippen LogP) is 0.662. The van der Waals surface area contributed by atoms with Crippen molar-refractivity contribution in [2.45, 2.75) is 25.9 Å². The number of guanidine groups is 1. The first-order chi connectivity index (χ1) is 8.18. The molecule has 17 heavy (non-hydrogen) atoms. The molecule has 0 amide bonds. The van der Waals surface area contributed by atoms with Crippen molar-refractivity contribution in [1.82, 2.24) is 5.32 Å². The summed E-state index contributed by atoms with van der Waals surface area (Å²) in [5.41, 5.74) is 6.66. The molecule has 1 heterocycles. The van der Waals surface area contributed by atoms with Crippen LogP contribution in [0, 0.1) is 0 Å². The molecule has 0 aromatic carbocycles. The number of ether oxygens (including phenoxy) is 2. The van der Waals surface area contributed by atoms with Crippen molar-refractivity contribution in [1.29, 1.82) is 0 Å². The minimum absolute atomic E-state index is 0.282. The fourth-order valence-electron chi connectivity index (χ4n) is 1.46. The zero-order chi connectivity index (χ0) is 12.5. The van der Waals surface area contributed by atoms with Gasteiger partial charge in [0.25, 0.3) is 0 Å². The van der Waals surface area contributed by atoms with E-state index in [-0.39, 0.29) is 6.10 Å². The van der Waals surface area contributed by atoms with Gasteiger partial charge in [0, 0.05) is 19.8 Å². The van der Waals surface area contributed by atoms with Gasteiger partial charge in [-0.1, -0.05) is 12.2 Å². The van der Waals surface area contributed by atoms with Gasteiger partial charge in [-0.15, -0.1) is 0 Å². The Morgan fingerprint density at radius 2 is 2.47 bits per heavy atom. The molecule has 1 atom stereocenters. The molecule has 0 aliphatic carbocycles. The molecule has 0 aromatic rings. The molecule has 5 nitrogen and oxygen atoms in total. The van der Waals surface area contributed by atoms with Crippen LogP contribution < -0.4 is 11.1 Å². The minimum atomic E-state index is 0.282. The van der Waals surface area contributed by atoms with E-state index in [1.807, 2.05) is 6.92 Å². The van der Waals surface area contributed by atoms with E-state index in [4.69, 9.17) is 15.2 Å². The molecule has 0 saturated carbocycles. The molecular weight excluding hydrogens is 218 g/mol. The topological polar surface area (TPSA) is 68.9 Å². The van der Waals surface area contributed by atoms with E-state index in [9.17, 15) is 0 Å². The van der Waals surface area contributed by atoms with Gasteiger partial charge >= 0.3 is 0 Å². The monoisotopic (exact) mass is 241 g/mol. The van der Waals surface area contributed by atoms with Crippen molar-refractivity contribution >= 4 is 5.96 Å². The highest BCUT2D eigenvalue weighted by Gasteiger charge is 2.15. The van der Waals surface area contributed by atoms with Crippen LogP contribution in [0.5, 0.6) is 0 Å². The molecule has 0 radical (unpaired) electrons. The fourth-order valence-corrected chi connectivity index (χ4v) is 1.46. The van der Waals surface area contributed by atoms with Crippen LogP contribution in [0.4, 0.5) is 0 Å². The van der Waals surface area contributed by atoms with Gasteiger partial charge in [-0.2, -0.15) is 0 Å². The standard InChI is InChI=1S/C12H23N3O2/c1-10(2)8-15-12(13)14-5-3-6-17-11-4-7-16-9-11/h11H,1,3-9H2,2H3,(H3,13,14,15). The molecular formula is C12H23N3O2. The summed E-state index contributed by atoms with van der Waals surface area (Å²) >= 11 is 0. The molecule has 1 fully saturated rings. The van der Waals surface area contributed by atoms with Gasteiger partial charge in [0.05, 0.1) is 19.3 Å². The number of aliphatic imine (C=N–C) groups is 1. The number of nitrogens with one attached hydrogen (secondary N) is 1. The third-order valence-electron chi connectivity index (χ3n) is 2.39. The molecule has 98 valence electrons. The zero-order valence-corrected chi connectivity index (χ0v) is 10.6. The molecule has 1 aliphatic rings. The van der Waals surface area contributed by atoms with Crippen LogP contribution in [0.1, 0.15) is 19.8 Å². The Balaban J connectivity index is 1.95. The van der Waals surface area contributed by atoms with Gasteiger partial charge in [-0.05, 0) is 19.8 Å². The number of hydrogen-bond acceptors (Lipinski definition) is 3. The van der Waals surface area contributed by atoms with E-state index in [2.05, 4.69) is 16.9 Å². The summed E-state index contributed by atoms with van der Waals surface area (Å²) < 4.78 is 10.8. The second kappa shape index (κ2) is 8.08. The molecule has 3 N–H and O–H groups in total. The van der Waals surface area contributed by atoms with E-state index in [0.717, 1.165) is 44.8 Å². The summed E-state index contributed by atoms with van der Waals surface area (Å²) in [6.07, 6.45) is 2.21. The van der Waals surface area contributed by atoms with Gasteiger partial charge in [-0.3, -0.25) is 0 Å². The quantitative estimate of drug-likeness (QED) is 0.297. The molecule has 1 rings (SSSR count). The first-order valence-corrected chi connectivity index (χ1v) is 6.06. The van der Waals surface area contributed by atoms with Gasteiger partial charge in [0.2, 0.25) is 0 Å². The third kappa shape index (κ3) is 6.97. The normalized spacial score (nSPS) is 20.5. The van der Waals surface area contributed by atoms with Crippen LogP contribution in [0.2, 0.25) is 0 Å². The van der Waals surface area contributed by atoms with Crippen LogP contribution in [0.3, 0.4) is 0 Å². The summed E-state index contributed by atoms with van der Waals surface area (Å²) in [4.78, 5) is 4.12. The highest BCUT2D eigenvalue weighted by Crippen LogP contribution is 2.07. The third-order valence-corrected chi connectivity index (χ3v) is 2.39. The molecule has 1 unspecified atom stereocenters. The first kappa shape index (κ1) is 14.0. The van der Waals surface area contributed by atoms with Gasteiger partial charge in [0.1, 0.15) is 0 Å². The summed E-state index contributed by atoms with van der Waals surface area (Å²) in [6, 6.07) is 0. The summed E-state index contributed by atoms with van der Waals surface area (Å²) in [6.45, 7) is 9.32. The maximum atomic E-state index is 5.66. The number of nitrogens with two attached hydrogens (primary N) is 1. The lowest BCUT2D eigenvalue weighted by atomic mass is 10.3. The van der Waals surface area contributed by atoms with Crippen LogP contribution in [0.15, 0.2) is 17.1 Å². The number of rotatable bonds is 7. The lowest BCUT2D eigenvalue weighted by molar-refractivity contribution is 0.0420. The van der Waals surface area contributed by atoms with E-state index >= 15 is 0 Å². The van der Waals surface area contributed by atoms with Crippen molar-refractivity contribution in [2.75, 3.05) is 32.9 Å². The van der Waals surface area contributed by atoms with Crippen molar-refractivity contribution in [3.63, 3.8) is 0 Å². The highest BCUT2D eigenvalue weighted by atomic mass is 16.5. The van der Waals surface area contributed by atoms with Crippen molar-refractivity contribution in [2.24, 2.45) is 10.7 Å². The predicted molar refractivity (Wildman–Crippen MR) is 69.1 cm³/mol. The van der Waals surface area contributed by atoms with Gasteiger partial charge < -0.3 is 20.5 Å². The molecule has 0 spiro atoms. The number of nitrogens with zero attached hydrogens (tertiary/aromatic N) is 1. The van der Waals surface area contributed by atoms with Crippen molar-refractivity contribution in [3.05, 3.63) is 12.2 Å². The van der Waals surface area contributed by atoms with Crippen LogP contribution in [0.25, 0.3) is 0 Å². The Hall–Kier alpha value is -1.07. The summed E-state index contributed by atoms with van der Waals surface area (Å²) in [7, 11) is 0. The van der Waals surface area contributed by atoms with Crippen LogP contribution >= 0.6 is 0 Å². The Bertz CT molecular complexity index is 260. The molecule has 5 heteroatoms. The number of hydrogen-bond donors (Lipinski definition) is 2. The summed E-state index contributed by atoms with van der Waals surface area (Å²) in [5.74, 6) is 0.470. The maximum Gasteiger partial charge on any atom is 0.188 e. The minimum Gasteiger partial charge on any atom is -0.379 e. The fraction of sp³-hybridized carbons (Fsp3) is 0.750. The molecule has 1 saturated heterocycles. The van der Waals surface area contributed by atoms with Gasteiger partial charge in [-0.25, -0.2) is 4.99 Å². The lowest BCUT2D eigenvalue weighted by Crippen LogP contribution is -2.33. The maximum absolute atomic E-state index is 5.66. The Kier molecular flexibility index (Phi) is 6.65. The van der Waals surface area contributed by atoms with Crippen molar-refractivity contribution < 1.29 is 9.47 Å². The van der Waals surface area contributed by atoms with Gasteiger partial charge in [0.15, 0.2) is 5.96 Å². The molecule has 0 aromatic heterocycles. The smallest absolute Gasteiger partial charge is 0.188 e. The average molecular weight is 241 g/mol. The van der Waals surface area contributed by atoms with Crippen LogP contribution in [-0.2, 0) is 9.47 Å². The van der Waals surface area contributed by atoms with Crippen LogP contribution in [-0.4, -0.2) is 45.0 Å². The largest absolute Gasteiger partial charge is 0.379 e. The van der Waals surface area contributed by atoms with E-state index < -0.39 is 0 Å². The highest BCUT2D eigenvalue weighted by molar-refractivity contribution is 5.77. The van der Waals surface area contributed by atoms with E-state index in [1.54, 1.807) is 0 Å². The SMILES string of the molecule is C=C(C)CN=C(N)NCCCOC1CCOC1. The average Bonchev–Trinajstić information content (AvgIpc) is 2.79. The molecule has 1 aliphatic heterocycles. The zero-order valence-electron chi connectivity index (χ0n) is 10.6. The Labute approximate surface area is 103 Å². The second-order valence-corrected chi connectivity index (χ2v) is 4.30. The Morgan fingerprint density at radius 3 is 3.12 bits per heavy atom. The Morgan fingerprint density at radius 1 is 1.65 bits per heavy atom. The first-order valence-electron chi connectivity index (χ1n) is 6.06. The second-order valence-electron chi connectivity index (χ2n) is 4.30. The van der Waals surface area contributed by atoms with Crippen molar-refractivity contribution in [3.8, 4) is 0 Å².